The van der Waals surface area contributed by atoms with E-state index in [1.54, 1.807) is 4.90 Å². The Hall–Kier alpha value is -1.14. The van der Waals surface area contributed by atoms with E-state index in [1.165, 1.54) is 11.3 Å². The van der Waals surface area contributed by atoms with Crippen LogP contribution in [0.4, 0.5) is 9.93 Å². The van der Waals surface area contributed by atoms with Crippen LogP contribution in [0.5, 0.6) is 0 Å². The molecule has 1 aromatic rings. The summed E-state index contributed by atoms with van der Waals surface area (Å²) in [6.07, 6.45) is 4.81. The molecule has 0 aromatic carbocycles. The van der Waals surface area contributed by atoms with E-state index in [-0.39, 0.29) is 18.7 Å². The number of carbonyl (C=O) groups excluding carboxylic acids is 1. The van der Waals surface area contributed by atoms with Crippen molar-refractivity contribution in [2.75, 3.05) is 19.0 Å². The lowest BCUT2D eigenvalue weighted by molar-refractivity contribution is 0.139. The van der Waals surface area contributed by atoms with Gasteiger partial charge in [0.15, 0.2) is 5.13 Å². The maximum atomic E-state index is 12.2. The van der Waals surface area contributed by atoms with E-state index in [1.807, 2.05) is 19.4 Å². The third-order valence-electron chi connectivity index (χ3n) is 4.07. The molecular weight excluding hydrogens is 274 g/mol. The number of carbonyl (C=O) groups is 1. The number of aliphatic hydroxyl groups is 1. The van der Waals surface area contributed by atoms with E-state index in [0.29, 0.717) is 11.0 Å². The van der Waals surface area contributed by atoms with E-state index >= 15 is 0 Å². The molecule has 0 bridgehead atoms. The highest BCUT2D eigenvalue weighted by Gasteiger charge is 2.26. The minimum absolute atomic E-state index is 0.0885. The molecule has 0 saturated heterocycles. The Bertz CT molecular complexity index is 441. The number of nitrogens with one attached hydrogen (secondary N) is 1. The molecule has 1 fully saturated rings. The van der Waals surface area contributed by atoms with Crippen LogP contribution in [0.2, 0.25) is 0 Å². The first-order chi connectivity index (χ1) is 9.63. The number of aromatic nitrogens is 1. The van der Waals surface area contributed by atoms with Gasteiger partial charge in [0, 0.05) is 25.1 Å². The van der Waals surface area contributed by atoms with Crippen LogP contribution in [0.25, 0.3) is 0 Å². The zero-order chi connectivity index (χ0) is 14.5. The lowest BCUT2D eigenvalue weighted by Crippen LogP contribution is -2.42. The number of aryl methyl sites for hydroxylation is 1. The van der Waals surface area contributed by atoms with Gasteiger partial charge in [-0.1, -0.05) is 6.92 Å². The van der Waals surface area contributed by atoms with Crippen molar-refractivity contribution in [3.05, 3.63) is 11.1 Å². The van der Waals surface area contributed by atoms with Crippen molar-refractivity contribution < 1.29 is 9.90 Å². The second kappa shape index (κ2) is 7.04. The minimum atomic E-state index is -0.0885. The van der Waals surface area contributed by atoms with Crippen molar-refractivity contribution in [1.82, 2.24) is 9.88 Å². The van der Waals surface area contributed by atoms with Gasteiger partial charge in [0.1, 0.15) is 0 Å². The van der Waals surface area contributed by atoms with E-state index in [4.69, 9.17) is 5.11 Å². The van der Waals surface area contributed by atoms with Gasteiger partial charge in [-0.25, -0.2) is 9.78 Å². The SMILES string of the molecule is CCc1csc(NC(=O)N(C)C2CCC(CO)CC2)n1. The molecule has 0 aliphatic heterocycles. The van der Waals surface area contributed by atoms with Gasteiger partial charge >= 0.3 is 6.03 Å². The fourth-order valence-electron chi connectivity index (χ4n) is 2.59. The molecule has 112 valence electrons. The van der Waals surface area contributed by atoms with E-state index in [9.17, 15) is 4.79 Å². The molecule has 2 amide bonds. The van der Waals surface area contributed by atoms with Crippen LogP contribution in [0.1, 0.15) is 38.3 Å². The number of rotatable bonds is 4. The number of nitrogens with zero attached hydrogens (tertiary/aromatic N) is 2. The lowest BCUT2D eigenvalue weighted by Gasteiger charge is -2.33. The van der Waals surface area contributed by atoms with E-state index in [2.05, 4.69) is 10.3 Å². The van der Waals surface area contributed by atoms with E-state index < -0.39 is 0 Å². The van der Waals surface area contributed by atoms with Crippen molar-refractivity contribution in [2.45, 2.75) is 45.1 Å². The van der Waals surface area contributed by atoms with Gasteiger partial charge in [0.2, 0.25) is 0 Å². The molecule has 1 saturated carbocycles. The second-order valence-corrected chi connectivity index (χ2v) is 6.25. The predicted octanol–water partition coefficient (Wildman–Crippen LogP) is 2.72. The summed E-state index contributed by atoms with van der Waals surface area (Å²) in [5.41, 5.74) is 1.01. The van der Waals surface area contributed by atoms with Crippen LogP contribution < -0.4 is 5.32 Å². The average Bonchev–Trinajstić information content (AvgIpc) is 2.94. The highest BCUT2D eigenvalue weighted by molar-refractivity contribution is 7.13. The van der Waals surface area contributed by atoms with Gasteiger partial charge < -0.3 is 10.0 Å². The summed E-state index contributed by atoms with van der Waals surface area (Å²) >= 11 is 1.47. The average molecular weight is 297 g/mol. The lowest BCUT2D eigenvalue weighted by atomic mass is 9.86. The van der Waals surface area contributed by atoms with E-state index in [0.717, 1.165) is 37.8 Å². The monoisotopic (exact) mass is 297 g/mol. The van der Waals surface area contributed by atoms with Crippen molar-refractivity contribution >= 4 is 22.5 Å². The minimum Gasteiger partial charge on any atom is -0.396 e. The van der Waals surface area contributed by atoms with Crippen LogP contribution in [-0.2, 0) is 6.42 Å². The molecule has 1 aliphatic carbocycles. The van der Waals surface area contributed by atoms with Crippen LogP contribution in [0, 0.1) is 5.92 Å². The van der Waals surface area contributed by atoms with Crippen LogP contribution in [-0.4, -0.2) is 40.7 Å². The number of urea groups is 1. The Labute approximate surface area is 124 Å². The summed E-state index contributed by atoms with van der Waals surface area (Å²) in [4.78, 5) is 18.3. The van der Waals surface area contributed by atoms with Crippen molar-refractivity contribution in [1.29, 1.82) is 0 Å². The molecule has 0 atom stereocenters. The second-order valence-electron chi connectivity index (χ2n) is 5.40. The topological polar surface area (TPSA) is 65.5 Å². The normalized spacial score (nSPS) is 22.6. The molecule has 0 radical (unpaired) electrons. The number of aliphatic hydroxyl groups excluding tert-OH is 1. The quantitative estimate of drug-likeness (QED) is 0.898. The zero-order valence-electron chi connectivity index (χ0n) is 12.1. The van der Waals surface area contributed by atoms with Gasteiger partial charge in [-0.3, -0.25) is 5.32 Å². The largest absolute Gasteiger partial charge is 0.396 e. The summed E-state index contributed by atoms with van der Waals surface area (Å²) in [6.45, 7) is 2.31. The molecule has 1 aliphatic rings. The molecular formula is C14H23N3O2S. The molecule has 0 unspecified atom stereocenters. The first kappa shape index (κ1) is 15.3. The van der Waals surface area contributed by atoms with Crippen molar-refractivity contribution in [2.24, 2.45) is 5.92 Å². The number of anilines is 1. The van der Waals surface area contributed by atoms with Crippen LogP contribution >= 0.6 is 11.3 Å². The number of amides is 2. The number of hydrogen-bond donors (Lipinski definition) is 2. The van der Waals surface area contributed by atoms with Crippen LogP contribution in [0.3, 0.4) is 0 Å². The summed E-state index contributed by atoms with van der Waals surface area (Å²) in [5.74, 6) is 0.411. The zero-order valence-corrected chi connectivity index (χ0v) is 12.9. The van der Waals surface area contributed by atoms with Crippen LogP contribution in [0.15, 0.2) is 5.38 Å². The molecule has 0 spiro atoms. The standard InChI is InChI=1S/C14H23N3O2S/c1-3-11-9-20-13(15-11)16-14(19)17(2)12-6-4-10(8-18)5-7-12/h9-10,12,18H,3-8H2,1-2H3,(H,15,16,19). The van der Waals surface area contributed by atoms with Gasteiger partial charge in [-0.2, -0.15) is 0 Å². The molecule has 5 nitrogen and oxygen atoms in total. The van der Waals surface area contributed by atoms with Crippen molar-refractivity contribution in [3.63, 3.8) is 0 Å². The summed E-state index contributed by atoms with van der Waals surface area (Å²) in [5, 5.41) is 14.7. The Morgan fingerprint density at radius 1 is 1.50 bits per heavy atom. The van der Waals surface area contributed by atoms with Gasteiger partial charge in [0.25, 0.3) is 0 Å². The number of hydrogen-bond acceptors (Lipinski definition) is 4. The Morgan fingerprint density at radius 3 is 2.75 bits per heavy atom. The van der Waals surface area contributed by atoms with Crippen molar-refractivity contribution in [3.8, 4) is 0 Å². The maximum Gasteiger partial charge on any atom is 0.323 e. The Kier molecular flexibility index (Phi) is 5.37. The smallest absolute Gasteiger partial charge is 0.323 e. The Balaban J connectivity index is 1.85. The first-order valence-corrected chi connectivity index (χ1v) is 8.11. The maximum absolute atomic E-state index is 12.2. The molecule has 1 heterocycles. The third kappa shape index (κ3) is 3.70. The number of thiazole rings is 1. The molecule has 2 N–H and O–H groups in total. The predicted molar refractivity (Wildman–Crippen MR) is 81.1 cm³/mol. The Morgan fingerprint density at radius 2 is 2.20 bits per heavy atom. The summed E-state index contributed by atoms with van der Waals surface area (Å²) in [6, 6.07) is 0.179. The van der Waals surface area contributed by atoms with Gasteiger partial charge in [-0.05, 0) is 38.0 Å². The molecule has 20 heavy (non-hydrogen) atoms. The third-order valence-corrected chi connectivity index (χ3v) is 4.88. The fraction of sp³-hybridized carbons (Fsp3) is 0.714. The highest BCUT2D eigenvalue weighted by atomic mass is 32.1. The van der Waals surface area contributed by atoms with Gasteiger partial charge in [0.05, 0.1) is 5.69 Å². The fourth-order valence-corrected chi connectivity index (χ4v) is 3.37. The highest BCUT2D eigenvalue weighted by Crippen LogP contribution is 2.27. The summed E-state index contributed by atoms with van der Waals surface area (Å²) in [7, 11) is 1.84. The molecule has 6 heteroatoms. The first-order valence-electron chi connectivity index (χ1n) is 7.23. The van der Waals surface area contributed by atoms with Gasteiger partial charge in [-0.15, -0.1) is 11.3 Å². The summed E-state index contributed by atoms with van der Waals surface area (Å²) < 4.78 is 0. The molecule has 2 rings (SSSR count). The molecule has 1 aromatic heterocycles.